The molecule has 3 heteroatoms. The number of hydrogen-bond donors (Lipinski definition) is 1. The van der Waals surface area contributed by atoms with Crippen LogP contribution in [0, 0.1) is 0 Å². The second-order valence-corrected chi connectivity index (χ2v) is 4.71. The molecule has 0 aliphatic heterocycles. The van der Waals surface area contributed by atoms with Gasteiger partial charge in [-0.2, -0.15) is 0 Å². The smallest absolute Gasteiger partial charge is 0.0807 e. The van der Waals surface area contributed by atoms with E-state index in [-0.39, 0.29) is 6.10 Å². The molecule has 3 nitrogen and oxygen atoms in total. The van der Waals surface area contributed by atoms with Crippen LogP contribution >= 0.6 is 0 Å². The summed E-state index contributed by atoms with van der Waals surface area (Å²) in [7, 11) is 6.21. The molecule has 0 aromatic heterocycles. The predicted molar refractivity (Wildman–Crippen MR) is 73.5 cm³/mol. The molecule has 1 N–H and O–H groups in total. The average Bonchev–Trinajstić information content (AvgIpc) is 2.34. The molecule has 1 aromatic carbocycles. The Morgan fingerprint density at radius 1 is 1.12 bits per heavy atom. The van der Waals surface area contributed by atoms with Crippen LogP contribution < -0.4 is 4.90 Å². The van der Waals surface area contributed by atoms with Crippen LogP contribution in [0.1, 0.15) is 25.0 Å². The summed E-state index contributed by atoms with van der Waals surface area (Å²) < 4.78 is 0. The summed E-state index contributed by atoms with van der Waals surface area (Å²) in [5, 5.41) is 10.00. The minimum absolute atomic E-state index is 0.368. The molecule has 1 aromatic rings. The number of aliphatic hydroxyl groups excluding tert-OH is 1. The van der Waals surface area contributed by atoms with Gasteiger partial charge in [-0.3, -0.25) is 0 Å². The Kier molecular flexibility index (Phi) is 5.45. The summed E-state index contributed by atoms with van der Waals surface area (Å²) >= 11 is 0. The van der Waals surface area contributed by atoms with Crippen LogP contribution in [0.2, 0.25) is 0 Å². The third kappa shape index (κ3) is 4.02. The van der Waals surface area contributed by atoms with Crippen LogP contribution in [0.4, 0.5) is 5.69 Å². The third-order valence-corrected chi connectivity index (χ3v) is 2.98. The minimum Gasteiger partial charge on any atom is -0.388 e. The first-order chi connectivity index (χ1) is 8.06. The lowest BCUT2D eigenvalue weighted by Crippen LogP contribution is -2.29. The normalized spacial score (nSPS) is 12.8. The number of aliphatic hydroxyl groups is 1. The summed E-state index contributed by atoms with van der Waals surface area (Å²) in [5.74, 6) is 0. The molecule has 0 fully saturated rings. The van der Waals surface area contributed by atoms with Gasteiger partial charge in [0.1, 0.15) is 0 Å². The van der Waals surface area contributed by atoms with Crippen molar-refractivity contribution in [2.75, 3.05) is 39.1 Å². The monoisotopic (exact) mass is 236 g/mol. The van der Waals surface area contributed by atoms with Crippen molar-refractivity contribution < 1.29 is 5.11 Å². The highest BCUT2D eigenvalue weighted by Crippen LogP contribution is 2.27. The molecule has 0 heterocycles. The fourth-order valence-electron chi connectivity index (χ4n) is 1.81. The molecule has 0 amide bonds. The Morgan fingerprint density at radius 2 is 1.76 bits per heavy atom. The molecule has 0 saturated heterocycles. The van der Waals surface area contributed by atoms with Gasteiger partial charge in [-0.25, -0.2) is 0 Å². The van der Waals surface area contributed by atoms with Crippen molar-refractivity contribution in [3.05, 3.63) is 29.8 Å². The number of anilines is 1. The van der Waals surface area contributed by atoms with E-state index in [0.29, 0.717) is 0 Å². The van der Waals surface area contributed by atoms with Crippen molar-refractivity contribution in [2.45, 2.75) is 19.4 Å². The average molecular weight is 236 g/mol. The van der Waals surface area contributed by atoms with Crippen molar-refractivity contribution in [1.29, 1.82) is 0 Å². The molecule has 0 radical (unpaired) electrons. The highest BCUT2D eigenvalue weighted by Gasteiger charge is 2.12. The summed E-state index contributed by atoms with van der Waals surface area (Å²) in [5.41, 5.74) is 2.15. The number of rotatable bonds is 6. The standard InChI is InChI=1S/C14H24N2O/c1-5-14(17)12-8-6-7-9-13(12)16(4)11-10-15(2)3/h6-9,14,17H,5,10-11H2,1-4H3/t14-/m0/s1. The molecule has 0 unspecified atom stereocenters. The zero-order valence-electron chi connectivity index (χ0n) is 11.3. The molecule has 96 valence electrons. The summed E-state index contributed by atoms with van der Waals surface area (Å²) in [6, 6.07) is 8.09. The first kappa shape index (κ1) is 14.0. The van der Waals surface area contributed by atoms with Gasteiger partial charge in [0, 0.05) is 31.4 Å². The topological polar surface area (TPSA) is 26.7 Å². The Labute approximate surface area is 105 Å². The van der Waals surface area contributed by atoms with Crippen molar-refractivity contribution in [3.63, 3.8) is 0 Å². The number of likely N-dealkylation sites (N-methyl/N-ethyl adjacent to an activating group) is 2. The Morgan fingerprint density at radius 3 is 2.35 bits per heavy atom. The molecule has 17 heavy (non-hydrogen) atoms. The van der Waals surface area contributed by atoms with E-state index in [0.717, 1.165) is 30.8 Å². The molecular formula is C14H24N2O. The van der Waals surface area contributed by atoms with Crippen LogP contribution in [0.15, 0.2) is 24.3 Å². The van der Waals surface area contributed by atoms with Gasteiger partial charge < -0.3 is 14.9 Å². The van der Waals surface area contributed by atoms with Crippen LogP contribution in [0.5, 0.6) is 0 Å². The van der Waals surface area contributed by atoms with Gasteiger partial charge in [-0.15, -0.1) is 0 Å². The molecule has 0 saturated carbocycles. The van der Waals surface area contributed by atoms with E-state index in [2.05, 4.69) is 37.0 Å². The van der Waals surface area contributed by atoms with Gasteiger partial charge in [-0.05, 0) is 26.6 Å². The maximum absolute atomic E-state index is 10.00. The van der Waals surface area contributed by atoms with E-state index in [4.69, 9.17) is 0 Å². The molecule has 0 bridgehead atoms. The third-order valence-electron chi connectivity index (χ3n) is 2.98. The highest BCUT2D eigenvalue weighted by atomic mass is 16.3. The Bertz CT molecular complexity index is 339. The van der Waals surface area contributed by atoms with E-state index in [9.17, 15) is 5.11 Å². The Balaban J connectivity index is 2.81. The van der Waals surface area contributed by atoms with E-state index in [1.54, 1.807) is 0 Å². The fourth-order valence-corrected chi connectivity index (χ4v) is 1.81. The van der Waals surface area contributed by atoms with Crippen molar-refractivity contribution in [3.8, 4) is 0 Å². The lowest BCUT2D eigenvalue weighted by Gasteiger charge is -2.25. The van der Waals surface area contributed by atoms with Crippen molar-refractivity contribution >= 4 is 5.69 Å². The molecule has 1 atom stereocenters. The quantitative estimate of drug-likeness (QED) is 0.819. The summed E-state index contributed by atoms with van der Waals surface area (Å²) in [6.45, 7) is 3.97. The molecule has 0 aliphatic carbocycles. The van der Waals surface area contributed by atoms with Gasteiger partial charge in [0.05, 0.1) is 6.10 Å². The fraction of sp³-hybridized carbons (Fsp3) is 0.571. The van der Waals surface area contributed by atoms with Crippen LogP contribution in [-0.2, 0) is 0 Å². The first-order valence-corrected chi connectivity index (χ1v) is 6.19. The van der Waals surface area contributed by atoms with Crippen molar-refractivity contribution in [1.82, 2.24) is 4.90 Å². The number of hydrogen-bond acceptors (Lipinski definition) is 3. The lowest BCUT2D eigenvalue weighted by atomic mass is 10.0. The lowest BCUT2D eigenvalue weighted by molar-refractivity contribution is 0.174. The zero-order chi connectivity index (χ0) is 12.8. The van der Waals surface area contributed by atoms with Gasteiger partial charge >= 0.3 is 0 Å². The van der Waals surface area contributed by atoms with E-state index in [1.165, 1.54) is 0 Å². The highest BCUT2D eigenvalue weighted by molar-refractivity contribution is 5.54. The zero-order valence-corrected chi connectivity index (χ0v) is 11.3. The van der Waals surface area contributed by atoms with Crippen LogP contribution in [0.25, 0.3) is 0 Å². The van der Waals surface area contributed by atoms with Gasteiger partial charge in [-0.1, -0.05) is 25.1 Å². The van der Waals surface area contributed by atoms with E-state index in [1.807, 2.05) is 25.1 Å². The molecular weight excluding hydrogens is 212 g/mol. The number of nitrogens with zero attached hydrogens (tertiary/aromatic N) is 2. The largest absolute Gasteiger partial charge is 0.388 e. The first-order valence-electron chi connectivity index (χ1n) is 6.19. The minimum atomic E-state index is -0.368. The van der Waals surface area contributed by atoms with Gasteiger partial charge in [0.15, 0.2) is 0 Å². The molecule has 1 rings (SSSR count). The molecule has 0 aliphatic rings. The molecule has 0 spiro atoms. The van der Waals surface area contributed by atoms with E-state index >= 15 is 0 Å². The predicted octanol–water partition coefficient (Wildman–Crippen LogP) is 2.13. The van der Waals surface area contributed by atoms with Crippen LogP contribution in [0.3, 0.4) is 0 Å². The number of para-hydroxylation sites is 1. The van der Waals surface area contributed by atoms with Crippen LogP contribution in [-0.4, -0.2) is 44.2 Å². The number of benzene rings is 1. The second kappa shape index (κ2) is 6.62. The maximum Gasteiger partial charge on any atom is 0.0807 e. The van der Waals surface area contributed by atoms with Gasteiger partial charge in [0.25, 0.3) is 0 Å². The van der Waals surface area contributed by atoms with E-state index < -0.39 is 0 Å². The van der Waals surface area contributed by atoms with Crippen molar-refractivity contribution in [2.24, 2.45) is 0 Å². The summed E-state index contributed by atoms with van der Waals surface area (Å²) in [6.07, 6.45) is 0.381. The second-order valence-electron chi connectivity index (χ2n) is 4.71. The summed E-state index contributed by atoms with van der Waals surface area (Å²) in [4.78, 5) is 4.36. The maximum atomic E-state index is 10.00. The SMILES string of the molecule is CC[C@H](O)c1ccccc1N(C)CCN(C)C. The van der Waals surface area contributed by atoms with Gasteiger partial charge in [0.2, 0.25) is 0 Å². The Hall–Kier alpha value is -1.06.